The first kappa shape index (κ1) is 12.7. The van der Waals surface area contributed by atoms with Crippen molar-refractivity contribution >= 4 is 23.9 Å². The van der Waals surface area contributed by atoms with Crippen molar-refractivity contribution < 1.29 is 9.59 Å². The molecule has 17 heavy (non-hydrogen) atoms. The Morgan fingerprint density at radius 1 is 0.706 bits per heavy atom. The molecule has 2 aliphatic rings. The number of rotatable bonds is 2. The Kier molecular flexibility index (Phi) is 4.71. The molecule has 5 heteroatoms. The van der Waals surface area contributed by atoms with Crippen molar-refractivity contribution in [2.75, 3.05) is 13.1 Å². The van der Waals surface area contributed by atoms with Gasteiger partial charge in [0.05, 0.1) is 12.1 Å². The molecular formula is C12H20N2O2S. The second-order valence-electron chi connectivity index (χ2n) is 4.69. The molecule has 96 valence electrons. The van der Waals surface area contributed by atoms with Crippen LogP contribution < -0.4 is 0 Å². The monoisotopic (exact) mass is 256 g/mol. The molecule has 2 rings (SSSR count). The van der Waals surface area contributed by atoms with Crippen LogP contribution in [0.5, 0.6) is 0 Å². The molecule has 0 aliphatic carbocycles. The molecule has 4 nitrogen and oxygen atoms in total. The third-order valence-electron chi connectivity index (χ3n) is 3.26. The van der Waals surface area contributed by atoms with E-state index in [1.54, 1.807) is 8.61 Å². The van der Waals surface area contributed by atoms with Crippen molar-refractivity contribution in [3.63, 3.8) is 0 Å². The minimum absolute atomic E-state index is 0.185. The fourth-order valence-electron chi connectivity index (χ4n) is 2.21. The third-order valence-corrected chi connectivity index (χ3v) is 4.42. The van der Waals surface area contributed by atoms with Crippen LogP contribution in [0.4, 0.5) is 0 Å². The molecule has 0 radical (unpaired) electrons. The summed E-state index contributed by atoms with van der Waals surface area (Å²) in [6.07, 6.45) is 7.60. The first-order chi connectivity index (χ1) is 8.27. The van der Waals surface area contributed by atoms with E-state index >= 15 is 0 Å². The van der Waals surface area contributed by atoms with Gasteiger partial charge in [-0.25, -0.2) is 0 Å². The van der Waals surface area contributed by atoms with Crippen molar-refractivity contribution in [3.8, 4) is 0 Å². The summed E-state index contributed by atoms with van der Waals surface area (Å²) < 4.78 is 3.58. The van der Waals surface area contributed by atoms with Gasteiger partial charge in [-0.1, -0.05) is 12.8 Å². The molecule has 2 amide bonds. The summed E-state index contributed by atoms with van der Waals surface area (Å²) in [5.74, 6) is 0.370. The fraction of sp³-hybridized carbons (Fsp3) is 0.833. The molecule has 0 aromatic heterocycles. The van der Waals surface area contributed by atoms with Crippen LogP contribution in [0, 0.1) is 0 Å². The van der Waals surface area contributed by atoms with E-state index in [4.69, 9.17) is 0 Å². The summed E-state index contributed by atoms with van der Waals surface area (Å²) >= 11 is 1.35. The fourth-order valence-corrected chi connectivity index (χ4v) is 3.23. The van der Waals surface area contributed by atoms with Crippen LogP contribution in [0.25, 0.3) is 0 Å². The molecule has 0 bridgehead atoms. The highest BCUT2D eigenvalue weighted by Gasteiger charge is 2.24. The number of carbonyl (C=O) groups is 2. The lowest BCUT2D eigenvalue weighted by Crippen LogP contribution is -2.33. The van der Waals surface area contributed by atoms with E-state index in [-0.39, 0.29) is 11.8 Å². The minimum Gasteiger partial charge on any atom is -0.274 e. The van der Waals surface area contributed by atoms with Gasteiger partial charge in [0, 0.05) is 25.9 Å². The lowest BCUT2D eigenvalue weighted by Gasteiger charge is -2.26. The first-order valence-electron chi connectivity index (χ1n) is 6.56. The zero-order chi connectivity index (χ0) is 12.1. The van der Waals surface area contributed by atoms with Crippen molar-refractivity contribution in [2.24, 2.45) is 0 Å². The van der Waals surface area contributed by atoms with Gasteiger partial charge in [0.15, 0.2) is 0 Å². The van der Waals surface area contributed by atoms with E-state index in [1.165, 1.54) is 12.1 Å². The lowest BCUT2D eigenvalue weighted by molar-refractivity contribution is -0.126. The van der Waals surface area contributed by atoms with E-state index in [9.17, 15) is 9.59 Å². The second-order valence-corrected chi connectivity index (χ2v) is 5.74. The maximum atomic E-state index is 11.8. The van der Waals surface area contributed by atoms with Crippen LogP contribution in [0.3, 0.4) is 0 Å². The molecule has 0 unspecified atom stereocenters. The second kappa shape index (κ2) is 6.28. The lowest BCUT2D eigenvalue weighted by atomic mass is 10.2. The molecule has 0 saturated carbocycles. The van der Waals surface area contributed by atoms with Gasteiger partial charge in [-0.2, -0.15) is 0 Å². The van der Waals surface area contributed by atoms with Crippen LogP contribution in [0.1, 0.15) is 51.4 Å². The van der Waals surface area contributed by atoms with E-state index in [1.807, 2.05) is 0 Å². The summed E-state index contributed by atoms with van der Waals surface area (Å²) in [5, 5.41) is 0. The summed E-state index contributed by atoms with van der Waals surface area (Å²) in [4.78, 5) is 23.7. The summed E-state index contributed by atoms with van der Waals surface area (Å²) in [5.41, 5.74) is 0. The molecule has 0 N–H and O–H groups in total. The summed E-state index contributed by atoms with van der Waals surface area (Å²) in [6, 6.07) is 0. The Morgan fingerprint density at radius 3 is 1.65 bits per heavy atom. The SMILES string of the molecule is O=C1CCCCCN1SN1CCCCCC1=O. The van der Waals surface area contributed by atoms with Crippen molar-refractivity contribution in [1.29, 1.82) is 0 Å². The Bertz CT molecular complexity index is 268. The van der Waals surface area contributed by atoms with Gasteiger partial charge in [0.25, 0.3) is 0 Å². The van der Waals surface area contributed by atoms with Gasteiger partial charge in [-0.15, -0.1) is 0 Å². The van der Waals surface area contributed by atoms with Crippen LogP contribution in [0.15, 0.2) is 0 Å². The smallest absolute Gasteiger partial charge is 0.233 e. The van der Waals surface area contributed by atoms with Gasteiger partial charge in [-0.05, 0) is 25.7 Å². The highest BCUT2D eigenvalue weighted by atomic mass is 32.2. The Hall–Kier alpha value is -0.710. The Morgan fingerprint density at radius 2 is 1.18 bits per heavy atom. The maximum absolute atomic E-state index is 11.8. The zero-order valence-corrected chi connectivity index (χ0v) is 11.0. The molecule has 0 aromatic rings. The van der Waals surface area contributed by atoms with Crippen molar-refractivity contribution in [1.82, 2.24) is 8.61 Å². The molecule has 2 heterocycles. The van der Waals surface area contributed by atoms with E-state index < -0.39 is 0 Å². The minimum atomic E-state index is 0.185. The van der Waals surface area contributed by atoms with E-state index in [0.29, 0.717) is 12.8 Å². The van der Waals surface area contributed by atoms with Crippen LogP contribution in [0.2, 0.25) is 0 Å². The van der Waals surface area contributed by atoms with Gasteiger partial charge < -0.3 is 0 Å². The molecule has 0 atom stereocenters. The van der Waals surface area contributed by atoms with Gasteiger partial charge in [0.1, 0.15) is 0 Å². The van der Waals surface area contributed by atoms with Crippen LogP contribution >= 0.6 is 12.1 Å². The largest absolute Gasteiger partial charge is 0.274 e. The van der Waals surface area contributed by atoms with Gasteiger partial charge in [0.2, 0.25) is 11.8 Å². The summed E-state index contributed by atoms with van der Waals surface area (Å²) in [7, 11) is 0. The molecular weight excluding hydrogens is 236 g/mol. The number of carbonyl (C=O) groups excluding carboxylic acids is 2. The normalized spacial score (nSPS) is 23.5. The molecule has 2 aliphatic heterocycles. The third kappa shape index (κ3) is 3.63. The molecule has 2 saturated heterocycles. The highest BCUT2D eigenvalue weighted by molar-refractivity contribution is 7.95. The first-order valence-corrected chi connectivity index (χ1v) is 7.29. The predicted octanol–water partition coefficient (Wildman–Crippen LogP) is 2.35. The maximum Gasteiger partial charge on any atom is 0.233 e. The number of hydrogen-bond donors (Lipinski definition) is 0. The predicted molar refractivity (Wildman–Crippen MR) is 68.0 cm³/mol. The topological polar surface area (TPSA) is 40.6 Å². The highest BCUT2D eigenvalue weighted by Crippen LogP contribution is 2.25. The van der Waals surface area contributed by atoms with E-state index in [0.717, 1.165) is 51.6 Å². The number of amides is 2. The molecule has 0 spiro atoms. The van der Waals surface area contributed by atoms with Gasteiger partial charge >= 0.3 is 0 Å². The van der Waals surface area contributed by atoms with Crippen LogP contribution in [-0.2, 0) is 9.59 Å². The van der Waals surface area contributed by atoms with Gasteiger partial charge in [-0.3, -0.25) is 18.2 Å². The average Bonchev–Trinajstić information content (AvgIpc) is 2.63. The number of hydrogen-bond acceptors (Lipinski definition) is 3. The van der Waals surface area contributed by atoms with Crippen LogP contribution in [-0.4, -0.2) is 33.5 Å². The van der Waals surface area contributed by atoms with Crippen molar-refractivity contribution in [3.05, 3.63) is 0 Å². The number of nitrogens with zero attached hydrogens (tertiary/aromatic N) is 2. The van der Waals surface area contributed by atoms with E-state index in [2.05, 4.69) is 0 Å². The Balaban J connectivity index is 1.92. The molecule has 0 aromatic carbocycles. The quantitative estimate of drug-likeness (QED) is 0.712. The molecule has 2 fully saturated rings. The standard InChI is InChI=1S/C12H20N2O2S/c15-11-7-3-1-5-9-13(11)17-14-10-6-2-4-8-12(14)16/h1-10H2. The zero-order valence-electron chi connectivity index (χ0n) is 10.2. The summed E-state index contributed by atoms with van der Waals surface area (Å²) in [6.45, 7) is 1.57. The Labute approximate surface area is 107 Å². The van der Waals surface area contributed by atoms with Crippen molar-refractivity contribution in [2.45, 2.75) is 51.4 Å². The average molecular weight is 256 g/mol.